The average Bonchev–Trinajstić information content (AvgIpc) is 2.82. The molecule has 1 saturated carbocycles. The van der Waals surface area contributed by atoms with Gasteiger partial charge in [0, 0.05) is 18.6 Å². The molecule has 0 heterocycles. The first kappa shape index (κ1) is 26.1. The highest BCUT2D eigenvalue weighted by Gasteiger charge is 2.43. The molecule has 1 aliphatic rings. The first-order chi connectivity index (χ1) is 17.0. The summed E-state index contributed by atoms with van der Waals surface area (Å²) in [5, 5.41) is 57.6. The van der Waals surface area contributed by atoms with Crippen molar-refractivity contribution in [1.82, 2.24) is 0 Å². The lowest BCUT2D eigenvalue weighted by molar-refractivity contribution is -0.183. The molecule has 2 aromatic rings. The standard InChI is InChI=1S/C25H24O11/c26-16-5-1-13(9-18(16)28)3-7-22(31)35-21-12-15(25(33)34)11-20(30)24(21)36-23(32)8-4-14-2-6-17(27)19(29)10-14/h1-10,15,20-21,24,26-30H,11-12H2,(H,33,34)/b7-3+,8-4+/t15?,20-,21-,24-/m1/s1. The number of aromatic hydroxyl groups is 4. The summed E-state index contributed by atoms with van der Waals surface area (Å²) in [6.07, 6.45) is 0.0945. The molecular formula is C25H24O11. The molecule has 1 aliphatic carbocycles. The van der Waals surface area contributed by atoms with Crippen molar-refractivity contribution in [3.05, 3.63) is 59.7 Å². The van der Waals surface area contributed by atoms with Crippen LogP contribution in [0.15, 0.2) is 48.6 Å². The van der Waals surface area contributed by atoms with Crippen LogP contribution < -0.4 is 0 Å². The van der Waals surface area contributed by atoms with Crippen molar-refractivity contribution in [2.75, 3.05) is 0 Å². The fraction of sp³-hybridized carbons (Fsp3) is 0.240. The molecule has 11 heteroatoms. The zero-order chi connectivity index (χ0) is 26.4. The summed E-state index contributed by atoms with van der Waals surface area (Å²) in [5.74, 6) is -5.55. The Morgan fingerprint density at radius 2 is 1.25 bits per heavy atom. The predicted molar refractivity (Wildman–Crippen MR) is 124 cm³/mol. The number of benzene rings is 2. The molecule has 0 aromatic heterocycles. The molecule has 2 aromatic carbocycles. The van der Waals surface area contributed by atoms with Crippen LogP contribution in [0.3, 0.4) is 0 Å². The van der Waals surface area contributed by atoms with Crippen LogP contribution in [0.4, 0.5) is 0 Å². The van der Waals surface area contributed by atoms with E-state index in [1.807, 2.05) is 0 Å². The van der Waals surface area contributed by atoms with Gasteiger partial charge >= 0.3 is 17.9 Å². The van der Waals surface area contributed by atoms with Gasteiger partial charge in [0.15, 0.2) is 29.1 Å². The number of ether oxygens (including phenoxy) is 2. The summed E-state index contributed by atoms with van der Waals surface area (Å²) in [7, 11) is 0. The Labute approximate surface area is 204 Å². The molecule has 6 N–H and O–H groups in total. The molecule has 3 rings (SSSR count). The van der Waals surface area contributed by atoms with E-state index in [-0.39, 0.29) is 24.3 Å². The molecule has 11 nitrogen and oxygen atoms in total. The van der Waals surface area contributed by atoms with E-state index in [9.17, 15) is 45.0 Å². The Hall–Kier alpha value is -4.51. The van der Waals surface area contributed by atoms with E-state index in [1.54, 1.807) is 0 Å². The number of phenolic OH excluding ortho intramolecular Hbond substituents is 4. The second-order valence-electron chi connectivity index (χ2n) is 8.11. The fourth-order valence-electron chi connectivity index (χ4n) is 3.63. The maximum Gasteiger partial charge on any atom is 0.331 e. The van der Waals surface area contributed by atoms with Crippen LogP contribution in [-0.4, -0.2) is 66.9 Å². The van der Waals surface area contributed by atoms with Gasteiger partial charge in [-0.3, -0.25) is 4.79 Å². The second-order valence-corrected chi connectivity index (χ2v) is 8.11. The number of carboxylic acid groups (broad SMARTS) is 1. The Balaban J connectivity index is 1.71. The maximum absolute atomic E-state index is 12.4. The fourth-order valence-corrected chi connectivity index (χ4v) is 3.63. The van der Waals surface area contributed by atoms with Gasteiger partial charge in [-0.05, 0) is 54.0 Å². The number of aliphatic hydroxyl groups is 1. The molecule has 0 amide bonds. The molecule has 1 unspecified atom stereocenters. The van der Waals surface area contributed by atoms with E-state index >= 15 is 0 Å². The third-order valence-electron chi connectivity index (χ3n) is 5.48. The second kappa shape index (κ2) is 11.3. The summed E-state index contributed by atoms with van der Waals surface area (Å²) < 4.78 is 10.6. The third-order valence-corrected chi connectivity index (χ3v) is 5.48. The van der Waals surface area contributed by atoms with Crippen molar-refractivity contribution in [3.8, 4) is 23.0 Å². The highest BCUT2D eigenvalue weighted by atomic mass is 16.6. The van der Waals surface area contributed by atoms with Crippen LogP contribution in [0, 0.1) is 5.92 Å². The minimum Gasteiger partial charge on any atom is -0.504 e. The van der Waals surface area contributed by atoms with Crippen LogP contribution in [0.1, 0.15) is 24.0 Å². The van der Waals surface area contributed by atoms with Gasteiger partial charge in [-0.1, -0.05) is 12.1 Å². The molecule has 0 radical (unpaired) electrons. The number of carbonyl (C=O) groups excluding carboxylic acids is 2. The molecular weight excluding hydrogens is 476 g/mol. The monoisotopic (exact) mass is 500 g/mol. The van der Waals surface area contributed by atoms with Gasteiger partial charge in [0.1, 0.15) is 6.10 Å². The Kier molecular flexibility index (Phi) is 8.18. The number of hydrogen-bond donors (Lipinski definition) is 6. The summed E-state index contributed by atoms with van der Waals surface area (Å²) in [4.78, 5) is 36.2. The molecule has 0 spiro atoms. The molecule has 0 saturated heterocycles. The Morgan fingerprint density at radius 3 is 1.72 bits per heavy atom. The van der Waals surface area contributed by atoms with Crippen LogP contribution >= 0.6 is 0 Å². The van der Waals surface area contributed by atoms with Crippen LogP contribution in [-0.2, 0) is 23.9 Å². The molecule has 4 atom stereocenters. The highest BCUT2D eigenvalue weighted by molar-refractivity contribution is 5.88. The molecule has 0 aliphatic heterocycles. The zero-order valence-electron chi connectivity index (χ0n) is 18.7. The largest absolute Gasteiger partial charge is 0.504 e. The summed E-state index contributed by atoms with van der Waals surface area (Å²) in [6.45, 7) is 0. The molecule has 36 heavy (non-hydrogen) atoms. The van der Waals surface area contributed by atoms with Crippen molar-refractivity contribution in [1.29, 1.82) is 0 Å². The lowest BCUT2D eigenvalue weighted by Crippen LogP contribution is -2.50. The predicted octanol–water partition coefficient (Wildman–Crippen LogP) is 1.91. The minimum atomic E-state index is -1.43. The van der Waals surface area contributed by atoms with Crippen LogP contribution in [0.5, 0.6) is 23.0 Å². The number of aliphatic hydroxyl groups excluding tert-OH is 1. The van der Waals surface area contributed by atoms with Gasteiger partial charge in [-0.15, -0.1) is 0 Å². The van der Waals surface area contributed by atoms with E-state index in [2.05, 4.69) is 0 Å². The van der Waals surface area contributed by atoms with E-state index < -0.39 is 53.6 Å². The summed E-state index contributed by atoms with van der Waals surface area (Å²) in [6, 6.07) is 7.70. The SMILES string of the molecule is O=C(/C=C/c1ccc(O)c(O)c1)O[C@@H]1[C@H](O)CC(C(=O)O)C[C@H]1OC(=O)/C=C/c1ccc(O)c(O)c1. The smallest absolute Gasteiger partial charge is 0.331 e. The lowest BCUT2D eigenvalue weighted by Gasteiger charge is -2.36. The maximum atomic E-state index is 12.4. The van der Waals surface area contributed by atoms with E-state index in [4.69, 9.17) is 9.47 Å². The van der Waals surface area contributed by atoms with Gasteiger partial charge in [0.05, 0.1) is 12.0 Å². The molecule has 0 bridgehead atoms. The van der Waals surface area contributed by atoms with E-state index in [0.29, 0.717) is 11.1 Å². The van der Waals surface area contributed by atoms with Crippen molar-refractivity contribution in [2.45, 2.75) is 31.2 Å². The van der Waals surface area contributed by atoms with Crippen molar-refractivity contribution < 1.29 is 54.5 Å². The van der Waals surface area contributed by atoms with Gasteiger partial charge in [0.25, 0.3) is 0 Å². The first-order valence-corrected chi connectivity index (χ1v) is 10.8. The number of hydrogen-bond acceptors (Lipinski definition) is 10. The van der Waals surface area contributed by atoms with E-state index in [0.717, 1.165) is 12.2 Å². The summed E-state index contributed by atoms with van der Waals surface area (Å²) in [5.41, 5.74) is 0.730. The topological polar surface area (TPSA) is 191 Å². The normalized spacial score (nSPS) is 21.9. The third kappa shape index (κ3) is 6.76. The van der Waals surface area contributed by atoms with Gasteiger partial charge < -0.3 is 40.1 Å². The van der Waals surface area contributed by atoms with Crippen molar-refractivity contribution in [2.24, 2.45) is 5.92 Å². The molecule has 190 valence electrons. The van der Waals surface area contributed by atoms with Crippen LogP contribution in [0.25, 0.3) is 12.2 Å². The van der Waals surface area contributed by atoms with Crippen molar-refractivity contribution >= 4 is 30.1 Å². The Bertz CT molecular complexity index is 1200. The number of rotatable bonds is 7. The number of phenols is 4. The van der Waals surface area contributed by atoms with Gasteiger partial charge in [-0.2, -0.15) is 0 Å². The van der Waals surface area contributed by atoms with Gasteiger partial charge in [0.2, 0.25) is 0 Å². The number of carboxylic acids is 1. The quantitative estimate of drug-likeness (QED) is 0.185. The Morgan fingerprint density at radius 1 is 0.750 bits per heavy atom. The summed E-state index contributed by atoms with van der Waals surface area (Å²) >= 11 is 0. The highest BCUT2D eigenvalue weighted by Crippen LogP contribution is 2.31. The minimum absolute atomic E-state index is 0.209. The molecule has 1 fully saturated rings. The number of carbonyl (C=O) groups is 3. The first-order valence-electron chi connectivity index (χ1n) is 10.8. The zero-order valence-corrected chi connectivity index (χ0v) is 18.7. The lowest BCUT2D eigenvalue weighted by atomic mass is 9.83. The van der Waals surface area contributed by atoms with Crippen molar-refractivity contribution in [3.63, 3.8) is 0 Å². The van der Waals surface area contributed by atoms with Crippen LogP contribution in [0.2, 0.25) is 0 Å². The average molecular weight is 500 g/mol. The van der Waals surface area contributed by atoms with E-state index in [1.165, 1.54) is 48.6 Å². The number of esters is 2. The van der Waals surface area contributed by atoms with Gasteiger partial charge in [-0.25, -0.2) is 9.59 Å². The number of aliphatic carboxylic acids is 1.